The van der Waals surface area contributed by atoms with Gasteiger partial charge in [0.1, 0.15) is 0 Å². The molecule has 1 unspecified atom stereocenters. The Morgan fingerprint density at radius 1 is 0.871 bits per heavy atom. The third kappa shape index (κ3) is 4.89. The largest absolute Gasteiger partial charge is 0.348 e. The minimum absolute atomic E-state index is 0.0252. The van der Waals surface area contributed by atoms with E-state index in [-0.39, 0.29) is 23.2 Å². The molecule has 31 heavy (non-hydrogen) atoms. The third-order valence-corrected chi connectivity index (χ3v) is 5.34. The highest BCUT2D eigenvalue weighted by molar-refractivity contribution is 6.04. The first kappa shape index (κ1) is 20.5. The zero-order valence-corrected chi connectivity index (χ0v) is 17.5. The highest BCUT2D eigenvalue weighted by Crippen LogP contribution is 2.15. The van der Waals surface area contributed by atoms with Crippen LogP contribution in [0.15, 0.2) is 89.7 Å². The maximum Gasteiger partial charge on any atom is 0.274 e. The lowest BCUT2D eigenvalue weighted by Crippen LogP contribution is -2.36. The molecule has 156 valence electrons. The molecule has 0 radical (unpaired) electrons. The van der Waals surface area contributed by atoms with Crippen molar-refractivity contribution in [2.24, 2.45) is 0 Å². The summed E-state index contributed by atoms with van der Waals surface area (Å²) in [7, 11) is 0. The first-order valence-electron chi connectivity index (χ1n) is 10.5. The van der Waals surface area contributed by atoms with Crippen LogP contribution in [0.2, 0.25) is 0 Å². The quantitative estimate of drug-likeness (QED) is 0.496. The Balaban J connectivity index is 1.59. The number of nitrogens with one attached hydrogen (secondary N) is 1. The average molecular weight is 412 g/mol. The number of benzene rings is 3. The summed E-state index contributed by atoms with van der Waals surface area (Å²) in [6.45, 7) is 2.30. The van der Waals surface area contributed by atoms with Gasteiger partial charge in [0.15, 0.2) is 5.69 Å². The molecule has 1 N–H and O–H groups in total. The van der Waals surface area contributed by atoms with Crippen LogP contribution in [0.25, 0.3) is 10.8 Å². The fourth-order valence-electron chi connectivity index (χ4n) is 3.66. The van der Waals surface area contributed by atoms with Crippen LogP contribution in [0.1, 0.15) is 35.0 Å². The number of hydrogen-bond donors (Lipinski definition) is 1. The van der Waals surface area contributed by atoms with Crippen molar-refractivity contribution in [2.45, 2.75) is 32.4 Å². The van der Waals surface area contributed by atoms with E-state index in [0.29, 0.717) is 17.3 Å². The standard InChI is InChI=1S/C26H25N3O2/c1-19(16-17-20-10-4-2-5-11-20)27-25(30)24-22-14-8-9-15-23(22)26(31)29(28-24)18-21-12-6-3-7-13-21/h2-15,19H,16-18H2,1H3,(H,27,30). The van der Waals surface area contributed by atoms with Gasteiger partial charge in [-0.2, -0.15) is 5.10 Å². The van der Waals surface area contributed by atoms with Gasteiger partial charge in [0.25, 0.3) is 11.5 Å². The number of nitrogens with zero attached hydrogens (tertiary/aromatic N) is 2. The molecule has 5 heteroatoms. The maximum absolute atomic E-state index is 13.1. The first-order chi connectivity index (χ1) is 15.1. The van der Waals surface area contributed by atoms with Gasteiger partial charge in [-0.1, -0.05) is 78.9 Å². The Morgan fingerprint density at radius 3 is 2.13 bits per heavy atom. The van der Waals surface area contributed by atoms with Crippen molar-refractivity contribution in [1.82, 2.24) is 15.1 Å². The van der Waals surface area contributed by atoms with E-state index in [0.717, 1.165) is 18.4 Å². The molecular formula is C26H25N3O2. The number of hydrogen-bond acceptors (Lipinski definition) is 3. The normalized spacial score (nSPS) is 11.9. The molecule has 0 aliphatic heterocycles. The molecule has 0 saturated heterocycles. The lowest BCUT2D eigenvalue weighted by molar-refractivity contribution is 0.0933. The third-order valence-electron chi connectivity index (χ3n) is 5.34. The van der Waals surface area contributed by atoms with E-state index in [1.807, 2.05) is 61.5 Å². The smallest absolute Gasteiger partial charge is 0.274 e. The molecule has 0 aliphatic carbocycles. The van der Waals surface area contributed by atoms with Crippen LogP contribution >= 0.6 is 0 Å². The summed E-state index contributed by atoms with van der Waals surface area (Å²) in [5, 5.41) is 8.58. The van der Waals surface area contributed by atoms with E-state index >= 15 is 0 Å². The summed E-state index contributed by atoms with van der Waals surface area (Å²) in [5.74, 6) is -0.265. The second-order valence-corrected chi connectivity index (χ2v) is 7.74. The Morgan fingerprint density at radius 2 is 1.45 bits per heavy atom. The summed E-state index contributed by atoms with van der Waals surface area (Å²) in [5.41, 5.74) is 2.27. The van der Waals surface area contributed by atoms with Gasteiger partial charge in [0, 0.05) is 11.4 Å². The summed E-state index contributed by atoms with van der Waals surface area (Å²) in [6.07, 6.45) is 1.70. The molecule has 4 rings (SSSR count). The van der Waals surface area contributed by atoms with Crippen molar-refractivity contribution in [3.05, 3.63) is 112 Å². The molecule has 1 amide bonds. The number of fused-ring (bicyclic) bond motifs is 1. The fourth-order valence-corrected chi connectivity index (χ4v) is 3.66. The van der Waals surface area contributed by atoms with Gasteiger partial charge < -0.3 is 5.32 Å². The Bertz CT molecular complexity index is 1230. The van der Waals surface area contributed by atoms with Crippen LogP contribution in [0.5, 0.6) is 0 Å². The van der Waals surface area contributed by atoms with E-state index in [9.17, 15) is 9.59 Å². The molecule has 0 aliphatic rings. The molecule has 4 aromatic rings. The zero-order valence-electron chi connectivity index (χ0n) is 17.5. The molecule has 1 heterocycles. The molecule has 0 spiro atoms. The monoisotopic (exact) mass is 411 g/mol. The summed E-state index contributed by atoms with van der Waals surface area (Å²) < 4.78 is 1.38. The van der Waals surface area contributed by atoms with E-state index in [2.05, 4.69) is 22.5 Å². The van der Waals surface area contributed by atoms with Crippen LogP contribution in [-0.2, 0) is 13.0 Å². The van der Waals surface area contributed by atoms with E-state index in [1.165, 1.54) is 10.2 Å². The zero-order chi connectivity index (χ0) is 21.6. The number of carbonyl (C=O) groups is 1. The van der Waals surface area contributed by atoms with Gasteiger partial charge >= 0.3 is 0 Å². The molecule has 3 aromatic carbocycles. The number of carbonyl (C=O) groups excluding carboxylic acids is 1. The number of aromatic nitrogens is 2. The molecule has 1 aromatic heterocycles. The lowest BCUT2D eigenvalue weighted by Gasteiger charge is -2.16. The highest BCUT2D eigenvalue weighted by Gasteiger charge is 2.18. The highest BCUT2D eigenvalue weighted by atomic mass is 16.2. The molecule has 5 nitrogen and oxygen atoms in total. The van der Waals surface area contributed by atoms with Gasteiger partial charge in [-0.3, -0.25) is 9.59 Å². The SMILES string of the molecule is CC(CCc1ccccc1)NC(=O)c1nn(Cc2ccccc2)c(=O)c2ccccc12. The average Bonchev–Trinajstić information content (AvgIpc) is 2.81. The van der Waals surface area contributed by atoms with E-state index in [1.54, 1.807) is 18.2 Å². The van der Waals surface area contributed by atoms with Gasteiger partial charge in [0.05, 0.1) is 11.9 Å². The van der Waals surface area contributed by atoms with Gasteiger partial charge in [-0.25, -0.2) is 4.68 Å². The number of aryl methyl sites for hydroxylation is 1. The van der Waals surface area contributed by atoms with Crippen LogP contribution < -0.4 is 10.9 Å². The van der Waals surface area contributed by atoms with E-state index in [4.69, 9.17) is 0 Å². The van der Waals surface area contributed by atoms with Crippen molar-refractivity contribution in [1.29, 1.82) is 0 Å². The van der Waals surface area contributed by atoms with Gasteiger partial charge in [-0.05, 0) is 37.0 Å². The van der Waals surface area contributed by atoms with Crippen LogP contribution in [0, 0.1) is 0 Å². The lowest BCUT2D eigenvalue weighted by atomic mass is 10.1. The predicted molar refractivity (Wildman–Crippen MR) is 123 cm³/mol. The molecule has 0 fully saturated rings. The topological polar surface area (TPSA) is 64.0 Å². The Labute approximate surface area is 181 Å². The minimum Gasteiger partial charge on any atom is -0.348 e. The minimum atomic E-state index is -0.265. The van der Waals surface area contributed by atoms with Gasteiger partial charge in [0.2, 0.25) is 0 Å². The van der Waals surface area contributed by atoms with Crippen molar-refractivity contribution >= 4 is 16.7 Å². The van der Waals surface area contributed by atoms with Crippen LogP contribution in [0.3, 0.4) is 0 Å². The summed E-state index contributed by atoms with van der Waals surface area (Å²) >= 11 is 0. The molecule has 0 bridgehead atoms. The predicted octanol–water partition coefficient (Wildman–Crippen LogP) is 4.20. The van der Waals surface area contributed by atoms with E-state index < -0.39 is 0 Å². The molecule has 0 saturated carbocycles. The van der Waals surface area contributed by atoms with Crippen molar-refractivity contribution in [3.63, 3.8) is 0 Å². The Hall–Kier alpha value is -3.73. The fraction of sp³-hybridized carbons (Fsp3) is 0.192. The number of amides is 1. The first-order valence-corrected chi connectivity index (χ1v) is 10.5. The number of rotatable bonds is 7. The summed E-state index contributed by atoms with van der Waals surface area (Å²) in [6, 6.07) is 27.0. The van der Waals surface area contributed by atoms with Gasteiger partial charge in [-0.15, -0.1) is 0 Å². The van der Waals surface area contributed by atoms with Crippen molar-refractivity contribution in [2.75, 3.05) is 0 Å². The van der Waals surface area contributed by atoms with Crippen molar-refractivity contribution in [3.8, 4) is 0 Å². The van der Waals surface area contributed by atoms with Crippen LogP contribution in [-0.4, -0.2) is 21.7 Å². The molecular weight excluding hydrogens is 386 g/mol. The second-order valence-electron chi connectivity index (χ2n) is 7.74. The summed E-state index contributed by atoms with van der Waals surface area (Å²) in [4.78, 5) is 26.1. The maximum atomic E-state index is 13.1. The second kappa shape index (κ2) is 9.39. The Kier molecular flexibility index (Phi) is 6.22. The van der Waals surface area contributed by atoms with Crippen LogP contribution in [0.4, 0.5) is 0 Å². The molecule has 1 atom stereocenters. The van der Waals surface area contributed by atoms with Crippen molar-refractivity contribution < 1.29 is 4.79 Å².